The Kier molecular flexibility index (Phi) is 3.99. The lowest BCUT2D eigenvalue weighted by Gasteiger charge is -2.08. The van der Waals surface area contributed by atoms with Crippen molar-refractivity contribution in [3.05, 3.63) is 36.2 Å². The van der Waals surface area contributed by atoms with Crippen molar-refractivity contribution in [3.8, 4) is 5.75 Å². The standard InChI is InChI=1S/C13H17N3O3S/c1-4-16-10(2)13(9-14-16)20(17,18)15-11-5-7-12(19-3)8-6-11/h5-9,15H,4H2,1-3H3. The summed E-state index contributed by atoms with van der Waals surface area (Å²) in [6, 6.07) is 6.69. The van der Waals surface area contributed by atoms with E-state index >= 15 is 0 Å². The number of anilines is 1. The van der Waals surface area contributed by atoms with E-state index in [2.05, 4.69) is 9.82 Å². The zero-order valence-corrected chi connectivity index (χ0v) is 12.4. The summed E-state index contributed by atoms with van der Waals surface area (Å²) in [4.78, 5) is 0.190. The van der Waals surface area contributed by atoms with Crippen molar-refractivity contribution in [2.24, 2.45) is 0 Å². The minimum Gasteiger partial charge on any atom is -0.497 e. The zero-order chi connectivity index (χ0) is 14.8. The van der Waals surface area contributed by atoms with Gasteiger partial charge in [0, 0.05) is 12.2 Å². The van der Waals surface area contributed by atoms with Crippen LogP contribution in [0.4, 0.5) is 5.69 Å². The van der Waals surface area contributed by atoms with Gasteiger partial charge in [0.15, 0.2) is 0 Å². The summed E-state index contributed by atoms with van der Waals surface area (Å²) < 4.78 is 33.8. The maximum Gasteiger partial charge on any atom is 0.265 e. The topological polar surface area (TPSA) is 73.2 Å². The van der Waals surface area contributed by atoms with Crippen LogP contribution in [0.15, 0.2) is 35.4 Å². The molecule has 0 aliphatic rings. The Bertz CT molecular complexity index is 690. The molecule has 0 spiro atoms. The molecule has 6 nitrogen and oxygen atoms in total. The third-order valence-corrected chi connectivity index (χ3v) is 4.47. The van der Waals surface area contributed by atoms with Crippen molar-refractivity contribution in [3.63, 3.8) is 0 Å². The molecule has 2 rings (SSSR count). The Morgan fingerprint density at radius 2 is 1.95 bits per heavy atom. The summed E-state index contributed by atoms with van der Waals surface area (Å²) in [5.41, 5.74) is 1.10. The number of nitrogens with zero attached hydrogens (tertiary/aromatic N) is 2. The second-order valence-corrected chi connectivity index (χ2v) is 5.89. The van der Waals surface area contributed by atoms with Gasteiger partial charge in [-0.3, -0.25) is 9.40 Å². The molecular formula is C13H17N3O3S. The molecule has 1 aromatic heterocycles. The maximum atomic E-state index is 12.3. The molecule has 0 radical (unpaired) electrons. The highest BCUT2D eigenvalue weighted by Gasteiger charge is 2.20. The highest BCUT2D eigenvalue weighted by atomic mass is 32.2. The smallest absolute Gasteiger partial charge is 0.265 e. The van der Waals surface area contributed by atoms with Gasteiger partial charge >= 0.3 is 0 Å². The first-order chi connectivity index (χ1) is 9.47. The summed E-state index contributed by atoms with van der Waals surface area (Å²) in [5, 5.41) is 4.05. The van der Waals surface area contributed by atoms with Gasteiger partial charge in [-0.25, -0.2) is 8.42 Å². The first kappa shape index (κ1) is 14.4. The van der Waals surface area contributed by atoms with E-state index in [0.717, 1.165) is 0 Å². The van der Waals surface area contributed by atoms with E-state index in [1.807, 2.05) is 6.92 Å². The van der Waals surface area contributed by atoms with Crippen molar-refractivity contribution in [1.82, 2.24) is 9.78 Å². The number of sulfonamides is 1. The summed E-state index contributed by atoms with van der Waals surface area (Å²) in [6.07, 6.45) is 1.37. The van der Waals surface area contributed by atoms with E-state index < -0.39 is 10.0 Å². The second-order valence-electron chi connectivity index (χ2n) is 4.24. The molecule has 2 aromatic rings. The quantitative estimate of drug-likeness (QED) is 0.916. The van der Waals surface area contributed by atoms with Gasteiger partial charge in [-0.1, -0.05) is 0 Å². The van der Waals surface area contributed by atoms with Crippen molar-refractivity contribution in [2.75, 3.05) is 11.8 Å². The number of ether oxygens (including phenoxy) is 1. The van der Waals surface area contributed by atoms with Gasteiger partial charge in [0.2, 0.25) is 0 Å². The third kappa shape index (κ3) is 2.77. The van der Waals surface area contributed by atoms with Crippen molar-refractivity contribution in [2.45, 2.75) is 25.3 Å². The molecule has 0 aliphatic heterocycles. The lowest BCUT2D eigenvalue weighted by Crippen LogP contribution is -2.14. The highest BCUT2D eigenvalue weighted by Crippen LogP contribution is 2.21. The fraction of sp³-hybridized carbons (Fsp3) is 0.308. The van der Waals surface area contributed by atoms with Crippen LogP contribution in [0.5, 0.6) is 5.75 Å². The predicted molar refractivity (Wildman–Crippen MR) is 76.4 cm³/mol. The molecule has 1 N–H and O–H groups in total. The maximum absolute atomic E-state index is 12.3. The van der Waals surface area contributed by atoms with Crippen LogP contribution >= 0.6 is 0 Å². The number of aromatic nitrogens is 2. The second kappa shape index (κ2) is 5.54. The average Bonchev–Trinajstić information content (AvgIpc) is 2.81. The Balaban J connectivity index is 2.28. The first-order valence-electron chi connectivity index (χ1n) is 6.17. The monoisotopic (exact) mass is 295 g/mol. The van der Waals surface area contributed by atoms with E-state index in [1.54, 1.807) is 43.0 Å². The lowest BCUT2D eigenvalue weighted by atomic mass is 10.3. The molecule has 0 saturated carbocycles. The summed E-state index contributed by atoms with van der Waals surface area (Å²) in [7, 11) is -2.07. The van der Waals surface area contributed by atoms with Gasteiger partial charge in [0.05, 0.1) is 19.0 Å². The van der Waals surface area contributed by atoms with Gasteiger partial charge in [0.1, 0.15) is 10.6 Å². The van der Waals surface area contributed by atoms with E-state index in [9.17, 15) is 8.42 Å². The Morgan fingerprint density at radius 3 is 2.45 bits per heavy atom. The van der Waals surface area contributed by atoms with Crippen LogP contribution in [-0.2, 0) is 16.6 Å². The van der Waals surface area contributed by atoms with E-state index in [1.165, 1.54) is 6.20 Å². The summed E-state index contributed by atoms with van der Waals surface area (Å²) in [5.74, 6) is 0.669. The third-order valence-electron chi connectivity index (χ3n) is 2.99. The molecule has 0 amide bonds. The van der Waals surface area contributed by atoms with Crippen LogP contribution in [-0.4, -0.2) is 25.3 Å². The number of methoxy groups -OCH3 is 1. The molecule has 0 unspecified atom stereocenters. The SMILES string of the molecule is CCn1ncc(S(=O)(=O)Nc2ccc(OC)cc2)c1C. The van der Waals surface area contributed by atoms with Crippen molar-refractivity contribution >= 4 is 15.7 Å². The van der Waals surface area contributed by atoms with Gasteiger partial charge < -0.3 is 4.74 Å². The fourth-order valence-corrected chi connectivity index (χ4v) is 3.12. The molecule has 1 aromatic carbocycles. The molecule has 0 aliphatic carbocycles. The van der Waals surface area contributed by atoms with E-state index in [-0.39, 0.29) is 4.90 Å². The molecule has 20 heavy (non-hydrogen) atoms. The molecule has 7 heteroatoms. The van der Waals surface area contributed by atoms with Crippen LogP contribution in [0.1, 0.15) is 12.6 Å². The first-order valence-corrected chi connectivity index (χ1v) is 7.65. The molecular weight excluding hydrogens is 278 g/mol. The number of hydrogen-bond acceptors (Lipinski definition) is 4. The highest BCUT2D eigenvalue weighted by molar-refractivity contribution is 7.92. The van der Waals surface area contributed by atoms with Crippen LogP contribution in [0, 0.1) is 6.92 Å². The van der Waals surface area contributed by atoms with Crippen molar-refractivity contribution < 1.29 is 13.2 Å². The Morgan fingerprint density at radius 1 is 1.30 bits per heavy atom. The Labute approximate surface area is 118 Å². The van der Waals surface area contributed by atoms with Crippen LogP contribution in [0.25, 0.3) is 0 Å². The number of nitrogens with one attached hydrogen (secondary N) is 1. The zero-order valence-electron chi connectivity index (χ0n) is 11.6. The minimum atomic E-state index is -3.63. The van der Waals surface area contributed by atoms with Crippen LogP contribution < -0.4 is 9.46 Å². The normalized spacial score (nSPS) is 11.3. The fourth-order valence-electron chi connectivity index (χ4n) is 1.88. The average molecular weight is 295 g/mol. The lowest BCUT2D eigenvalue weighted by molar-refractivity contribution is 0.415. The molecule has 0 atom stereocenters. The largest absolute Gasteiger partial charge is 0.497 e. The Hall–Kier alpha value is -2.02. The van der Waals surface area contributed by atoms with Crippen LogP contribution in [0.2, 0.25) is 0 Å². The minimum absolute atomic E-state index is 0.190. The molecule has 1 heterocycles. The number of rotatable bonds is 5. The van der Waals surface area contributed by atoms with E-state index in [0.29, 0.717) is 23.7 Å². The summed E-state index contributed by atoms with van der Waals surface area (Å²) >= 11 is 0. The molecule has 0 bridgehead atoms. The van der Waals surface area contributed by atoms with Gasteiger partial charge in [-0.15, -0.1) is 0 Å². The van der Waals surface area contributed by atoms with Crippen molar-refractivity contribution in [1.29, 1.82) is 0 Å². The van der Waals surface area contributed by atoms with Gasteiger partial charge in [-0.2, -0.15) is 5.10 Å². The number of hydrogen-bond donors (Lipinski definition) is 1. The molecule has 0 fully saturated rings. The van der Waals surface area contributed by atoms with E-state index in [4.69, 9.17) is 4.74 Å². The summed E-state index contributed by atoms with van der Waals surface area (Å²) in [6.45, 7) is 4.27. The number of aryl methyl sites for hydroxylation is 1. The molecule has 108 valence electrons. The number of benzene rings is 1. The molecule has 0 saturated heterocycles. The predicted octanol–water partition coefficient (Wildman–Crippen LogP) is 2.02. The van der Waals surface area contributed by atoms with Gasteiger partial charge in [0.25, 0.3) is 10.0 Å². The van der Waals surface area contributed by atoms with Gasteiger partial charge in [-0.05, 0) is 38.1 Å². The van der Waals surface area contributed by atoms with Crippen LogP contribution in [0.3, 0.4) is 0 Å².